The van der Waals surface area contributed by atoms with Crippen LogP contribution in [0.5, 0.6) is 0 Å². The first-order valence-electron chi connectivity index (χ1n) is 6.90. The summed E-state index contributed by atoms with van der Waals surface area (Å²) in [6, 6.07) is 12.5. The molecule has 0 aliphatic heterocycles. The zero-order valence-electron chi connectivity index (χ0n) is 13.1. The van der Waals surface area contributed by atoms with Gasteiger partial charge in [-0.05, 0) is 23.3 Å². The number of hydrogen-bond donors (Lipinski definition) is 0. The van der Waals surface area contributed by atoms with Crippen molar-refractivity contribution >= 4 is 27.6 Å². The summed E-state index contributed by atoms with van der Waals surface area (Å²) >= 11 is 0. The molecular formula is C17H18N2O3S. The molecule has 0 amide bonds. The smallest absolute Gasteiger partial charge is 0.357 e. The minimum Gasteiger partial charge on any atom is -0.456 e. The molecule has 0 saturated carbocycles. The average Bonchev–Trinajstić information content (AvgIpc) is 2.51. The second-order valence-corrected chi connectivity index (χ2v) is 7.73. The predicted octanol–water partition coefficient (Wildman–Crippen LogP) is 3.44. The van der Waals surface area contributed by atoms with Gasteiger partial charge in [0.25, 0.3) is 0 Å². The zero-order chi connectivity index (χ0) is 16.9. The lowest BCUT2D eigenvalue weighted by atomic mass is 10.2. The Balaban J connectivity index is 2.24. The third-order valence-electron chi connectivity index (χ3n) is 2.81. The maximum atomic E-state index is 12.2. The van der Waals surface area contributed by atoms with Crippen molar-refractivity contribution < 1.29 is 13.7 Å². The van der Waals surface area contributed by atoms with E-state index in [9.17, 15) is 9.00 Å². The fraction of sp³-hybridized carbons (Fsp3) is 0.176. The lowest BCUT2D eigenvalue weighted by Crippen LogP contribution is -2.08. The summed E-state index contributed by atoms with van der Waals surface area (Å²) in [4.78, 5) is 16.3. The monoisotopic (exact) mass is 330 g/mol. The molecule has 1 heterocycles. The molecule has 0 bridgehead atoms. The van der Waals surface area contributed by atoms with Crippen molar-refractivity contribution in [2.75, 3.05) is 12.5 Å². The van der Waals surface area contributed by atoms with Crippen molar-refractivity contribution in [3.63, 3.8) is 0 Å². The molecule has 0 saturated heterocycles. The summed E-state index contributed by atoms with van der Waals surface area (Å²) in [5.41, 5.74) is 1.66. The van der Waals surface area contributed by atoms with Crippen molar-refractivity contribution in [2.24, 2.45) is 4.36 Å². The molecule has 0 unspecified atom stereocenters. The zero-order valence-corrected chi connectivity index (χ0v) is 13.9. The number of nitrogens with zero attached hydrogens (tertiary/aromatic N) is 2. The van der Waals surface area contributed by atoms with Crippen LogP contribution >= 0.6 is 0 Å². The molecule has 0 fully saturated rings. The summed E-state index contributed by atoms with van der Waals surface area (Å²) in [5, 5.41) is 0. The third-order valence-corrected chi connectivity index (χ3v) is 3.43. The van der Waals surface area contributed by atoms with Crippen LogP contribution in [0.2, 0.25) is 0 Å². The van der Waals surface area contributed by atoms with Crippen LogP contribution in [0.4, 0.5) is 5.82 Å². The number of ether oxygens (including phenoxy) is 1. The van der Waals surface area contributed by atoms with Crippen molar-refractivity contribution in [1.82, 2.24) is 4.98 Å². The molecule has 0 aliphatic carbocycles. The SMILES string of the molecule is C=Cc1cc(N=S(C)(C)=O)nc(C(=O)OCc2ccccc2)c1. The number of carbonyl (C=O) groups is 1. The van der Waals surface area contributed by atoms with Gasteiger partial charge < -0.3 is 4.74 Å². The molecule has 0 aliphatic rings. The molecule has 5 nitrogen and oxygen atoms in total. The first-order valence-corrected chi connectivity index (χ1v) is 9.23. The van der Waals surface area contributed by atoms with Crippen molar-refractivity contribution in [3.05, 3.63) is 65.9 Å². The van der Waals surface area contributed by atoms with Crippen LogP contribution in [0, 0.1) is 0 Å². The Morgan fingerprint density at radius 1 is 1.30 bits per heavy atom. The van der Waals surface area contributed by atoms with Gasteiger partial charge in [0.15, 0.2) is 11.5 Å². The van der Waals surface area contributed by atoms with Crippen LogP contribution < -0.4 is 0 Å². The van der Waals surface area contributed by atoms with Crippen LogP contribution in [0.25, 0.3) is 6.08 Å². The molecule has 0 N–H and O–H groups in total. The van der Waals surface area contributed by atoms with E-state index in [0.717, 1.165) is 5.56 Å². The molecule has 2 aromatic rings. The molecule has 0 spiro atoms. The van der Waals surface area contributed by atoms with Gasteiger partial charge in [0.05, 0.1) is 0 Å². The molecule has 120 valence electrons. The number of hydrogen-bond acceptors (Lipinski definition) is 5. The molecule has 1 aromatic heterocycles. The fourth-order valence-electron chi connectivity index (χ4n) is 1.83. The van der Waals surface area contributed by atoms with Gasteiger partial charge in [0, 0.05) is 22.2 Å². The van der Waals surface area contributed by atoms with Crippen LogP contribution in [0.1, 0.15) is 21.6 Å². The first kappa shape index (κ1) is 16.9. The van der Waals surface area contributed by atoms with E-state index >= 15 is 0 Å². The van der Waals surface area contributed by atoms with Gasteiger partial charge in [-0.15, -0.1) is 0 Å². The fourth-order valence-corrected chi connectivity index (χ4v) is 2.37. The van der Waals surface area contributed by atoms with Crippen LogP contribution in [0.15, 0.2) is 53.4 Å². The molecule has 2 rings (SSSR count). The molecule has 6 heteroatoms. The van der Waals surface area contributed by atoms with Crippen LogP contribution in [-0.2, 0) is 21.1 Å². The predicted molar refractivity (Wildman–Crippen MR) is 92.0 cm³/mol. The van der Waals surface area contributed by atoms with Gasteiger partial charge in [0.1, 0.15) is 6.61 Å². The maximum Gasteiger partial charge on any atom is 0.357 e. The number of carbonyl (C=O) groups excluding carboxylic acids is 1. The Labute approximate surface area is 136 Å². The Morgan fingerprint density at radius 2 is 2.00 bits per heavy atom. The largest absolute Gasteiger partial charge is 0.456 e. The second kappa shape index (κ2) is 7.19. The number of pyridine rings is 1. The lowest BCUT2D eigenvalue weighted by molar-refractivity contribution is 0.0466. The normalized spacial score (nSPS) is 10.9. The van der Waals surface area contributed by atoms with Crippen LogP contribution in [-0.4, -0.2) is 27.7 Å². The summed E-state index contributed by atoms with van der Waals surface area (Å²) in [6.07, 6.45) is 4.58. The molecule has 23 heavy (non-hydrogen) atoms. The maximum absolute atomic E-state index is 12.2. The second-order valence-electron chi connectivity index (χ2n) is 5.18. The van der Waals surface area contributed by atoms with E-state index < -0.39 is 15.7 Å². The third kappa shape index (κ3) is 5.34. The van der Waals surface area contributed by atoms with Crippen molar-refractivity contribution in [1.29, 1.82) is 0 Å². The molecular weight excluding hydrogens is 312 g/mol. The van der Waals surface area contributed by atoms with E-state index in [4.69, 9.17) is 4.74 Å². The van der Waals surface area contributed by atoms with E-state index in [0.29, 0.717) is 5.56 Å². The Hall–Kier alpha value is -2.47. The Morgan fingerprint density at radius 3 is 2.61 bits per heavy atom. The summed E-state index contributed by atoms with van der Waals surface area (Å²) in [5.74, 6) is -0.336. The highest BCUT2D eigenvalue weighted by Crippen LogP contribution is 2.17. The highest BCUT2D eigenvalue weighted by atomic mass is 32.2. The quantitative estimate of drug-likeness (QED) is 0.788. The first-order chi connectivity index (χ1) is 10.9. The summed E-state index contributed by atoms with van der Waals surface area (Å²) in [6.45, 7) is 3.83. The van der Waals surface area contributed by atoms with Gasteiger partial charge in [-0.2, -0.15) is 4.36 Å². The lowest BCUT2D eigenvalue weighted by Gasteiger charge is -2.06. The highest BCUT2D eigenvalue weighted by Gasteiger charge is 2.12. The minimum absolute atomic E-state index is 0.112. The summed E-state index contributed by atoms with van der Waals surface area (Å²) in [7, 11) is -2.37. The molecule has 1 aromatic carbocycles. The van der Waals surface area contributed by atoms with E-state index in [-0.39, 0.29) is 18.1 Å². The Bertz CT molecular complexity index is 830. The Kier molecular flexibility index (Phi) is 5.28. The number of rotatable bonds is 5. The van der Waals surface area contributed by atoms with Crippen molar-refractivity contribution in [3.8, 4) is 0 Å². The number of benzene rings is 1. The minimum atomic E-state index is -2.37. The highest BCUT2D eigenvalue weighted by molar-refractivity contribution is 7.92. The van der Waals surface area contributed by atoms with E-state index in [1.54, 1.807) is 18.2 Å². The molecule has 0 atom stereocenters. The van der Waals surface area contributed by atoms with Gasteiger partial charge in [-0.1, -0.05) is 43.0 Å². The van der Waals surface area contributed by atoms with E-state index in [1.807, 2.05) is 30.3 Å². The molecule has 0 radical (unpaired) electrons. The standard InChI is InChI=1S/C17H18N2O3S/c1-4-13-10-15(18-16(11-13)19-23(2,3)21)17(20)22-12-14-8-6-5-7-9-14/h4-11H,1,12H2,2-3H3. The summed E-state index contributed by atoms with van der Waals surface area (Å²) < 4.78 is 21.1. The topological polar surface area (TPSA) is 68.6 Å². The number of aromatic nitrogens is 1. The van der Waals surface area contributed by atoms with Gasteiger partial charge >= 0.3 is 5.97 Å². The van der Waals surface area contributed by atoms with Gasteiger partial charge in [0.2, 0.25) is 0 Å². The van der Waals surface area contributed by atoms with Gasteiger partial charge in [-0.3, -0.25) is 0 Å². The van der Waals surface area contributed by atoms with Crippen molar-refractivity contribution in [2.45, 2.75) is 6.61 Å². The van der Waals surface area contributed by atoms with Gasteiger partial charge in [-0.25, -0.2) is 14.0 Å². The average molecular weight is 330 g/mol. The van der Waals surface area contributed by atoms with E-state index in [1.165, 1.54) is 12.5 Å². The number of esters is 1. The van der Waals surface area contributed by atoms with Crippen LogP contribution in [0.3, 0.4) is 0 Å². The van der Waals surface area contributed by atoms with E-state index in [2.05, 4.69) is 15.9 Å².